The summed E-state index contributed by atoms with van der Waals surface area (Å²) >= 11 is 0. The van der Waals surface area contributed by atoms with Gasteiger partial charge in [0, 0.05) is 19.2 Å². The second-order valence-electron chi connectivity index (χ2n) is 4.82. The Balaban J connectivity index is 2.61. The molecule has 0 spiro atoms. The maximum atomic E-state index is 5.31. The number of nitrogens with one attached hydrogen (secondary N) is 1. The summed E-state index contributed by atoms with van der Waals surface area (Å²) in [5.74, 6) is 1.54. The minimum Gasteiger partial charge on any atom is -0.493 e. The zero-order chi connectivity index (χ0) is 14.3. The number of benzene rings is 1. The first-order valence-electron chi connectivity index (χ1n) is 6.56. The third kappa shape index (κ3) is 5.09. The monoisotopic (exact) mass is 267 g/mol. The topological polar surface area (TPSA) is 39.7 Å². The maximum absolute atomic E-state index is 5.31. The molecule has 0 amide bonds. The highest BCUT2D eigenvalue weighted by atomic mass is 16.5. The van der Waals surface area contributed by atoms with Crippen molar-refractivity contribution in [2.75, 3.05) is 27.9 Å². The van der Waals surface area contributed by atoms with Gasteiger partial charge in [0.25, 0.3) is 0 Å². The van der Waals surface area contributed by atoms with E-state index in [9.17, 15) is 0 Å². The van der Waals surface area contributed by atoms with E-state index < -0.39 is 0 Å². The smallest absolute Gasteiger partial charge is 0.160 e. The van der Waals surface area contributed by atoms with E-state index in [-0.39, 0.29) is 0 Å². The van der Waals surface area contributed by atoms with Crippen LogP contribution < -0.4 is 14.8 Å². The molecule has 0 saturated carbocycles. The summed E-state index contributed by atoms with van der Waals surface area (Å²) < 4.78 is 15.7. The van der Waals surface area contributed by atoms with Crippen molar-refractivity contribution < 1.29 is 14.2 Å². The molecule has 1 N–H and O–H groups in total. The fourth-order valence-corrected chi connectivity index (χ4v) is 2.20. The van der Waals surface area contributed by atoms with Crippen molar-refractivity contribution in [2.45, 2.75) is 32.4 Å². The molecular formula is C15H25NO3. The first-order chi connectivity index (χ1) is 9.10. The van der Waals surface area contributed by atoms with Gasteiger partial charge in [-0.25, -0.2) is 0 Å². The summed E-state index contributed by atoms with van der Waals surface area (Å²) in [7, 11) is 5.02. The van der Waals surface area contributed by atoms with Gasteiger partial charge in [0.05, 0.1) is 20.8 Å². The summed E-state index contributed by atoms with van der Waals surface area (Å²) in [4.78, 5) is 0. The van der Waals surface area contributed by atoms with Crippen molar-refractivity contribution >= 4 is 0 Å². The van der Waals surface area contributed by atoms with E-state index in [1.54, 1.807) is 21.3 Å². The number of ether oxygens (including phenoxy) is 3. The number of rotatable bonds is 8. The fourth-order valence-electron chi connectivity index (χ4n) is 2.20. The molecule has 4 heteroatoms. The van der Waals surface area contributed by atoms with Crippen LogP contribution in [0.4, 0.5) is 0 Å². The molecule has 19 heavy (non-hydrogen) atoms. The van der Waals surface area contributed by atoms with Gasteiger partial charge in [-0.2, -0.15) is 0 Å². The number of hydrogen-bond acceptors (Lipinski definition) is 4. The molecule has 2 atom stereocenters. The Labute approximate surface area is 116 Å². The lowest BCUT2D eigenvalue weighted by Gasteiger charge is -2.20. The molecule has 0 aliphatic carbocycles. The maximum Gasteiger partial charge on any atom is 0.160 e. The van der Waals surface area contributed by atoms with Crippen LogP contribution in [0.15, 0.2) is 18.2 Å². The summed E-state index contributed by atoms with van der Waals surface area (Å²) in [5, 5.41) is 3.50. The Kier molecular flexibility index (Phi) is 6.67. The molecular weight excluding hydrogens is 242 g/mol. The van der Waals surface area contributed by atoms with Gasteiger partial charge in [-0.05, 0) is 38.0 Å². The second kappa shape index (κ2) is 8.02. The zero-order valence-electron chi connectivity index (χ0n) is 12.5. The minimum atomic E-state index is 0.347. The molecule has 0 aromatic heterocycles. The molecule has 108 valence electrons. The van der Waals surface area contributed by atoms with Crippen LogP contribution >= 0.6 is 0 Å². The summed E-state index contributed by atoms with van der Waals surface area (Å²) in [6.45, 7) is 5.01. The summed E-state index contributed by atoms with van der Waals surface area (Å²) in [5.41, 5.74) is 1.22. The molecule has 1 rings (SSSR count). The van der Waals surface area contributed by atoms with Crippen LogP contribution in [0.3, 0.4) is 0 Å². The molecule has 0 radical (unpaired) electrons. The van der Waals surface area contributed by atoms with Crippen molar-refractivity contribution in [3.05, 3.63) is 23.8 Å². The Morgan fingerprint density at radius 1 is 1.00 bits per heavy atom. The average molecular weight is 267 g/mol. The van der Waals surface area contributed by atoms with E-state index >= 15 is 0 Å². The van der Waals surface area contributed by atoms with Gasteiger partial charge in [0.2, 0.25) is 0 Å². The van der Waals surface area contributed by atoms with Crippen molar-refractivity contribution in [1.29, 1.82) is 0 Å². The standard InChI is InChI=1S/C15H25NO3/c1-11(16-12(2)10-17-3)8-13-6-7-14(18-4)15(9-13)19-5/h6-7,9,11-12,16H,8,10H2,1-5H3. The molecule has 4 nitrogen and oxygen atoms in total. The van der Waals surface area contributed by atoms with Crippen LogP contribution in [-0.4, -0.2) is 40.0 Å². The van der Waals surface area contributed by atoms with E-state index in [1.807, 2.05) is 12.1 Å². The lowest BCUT2D eigenvalue weighted by atomic mass is 10.1. The lowest BCUT2D eigenvalue weighted by Crippen LogP contribution is -2.38. The second-order valence-corrected chi connectivity index (χ2v) is 4.82. The first-order valence-corrected chi connectivity index (χ1v) is 6.56. The SMILES string of the molecule is COCC(C)NC(C)Cc1ccc(OC)c(OC)c1. The zero-order valence-corrected chi connectivity index (χ0v) is 12.5. The quantitative estimate of drug-likeness (QED) is 0.784. The van der Waals surface area contributed by atoms with Gasteiger partial charge in [-0.1, -0.05) is 6.07 Å². The summed E-state index contributed by atoms with van der Waals surface area (Å²) in [6, 6.07) is 6.77. The van der Waals surface area contributed by atoms with Crippen molar-refractivity contribution in [2.24, 2.45) is 0 Å². The van der Waals surface area contributed by atoms with Gasteiger partial charge in [0.1, 0.15) is 0 Å². The van der Waals surface area contributed by atoms with Gasteiger partial charge in [0.15, 0.2) is 11.5 Å². The number of methoxy groups -OCH3 is 3. The van der Waals surface area contributed by atoms with E-state index in [0.29, 0.717) is 12.1 Å². The van der Waals surface area contributed by atoms with Gasteiger partial charge in [-0.15, -0.1) is 0 Å². The normalized spacial score (nSPS) is 13.9. The molecule has 0 bridgehead atoms. The van der Waals surface area contributed by atoms with Crippen molar-refractivity contribution in [3.8, 4) is 11.5 Å². The predicted octanol–water partition coefficient (Wildman–Crippen LogP) is 2.26. The average Bonchev–Trinajstić information content (AvgIpc) is 2.38. The molecule has 0 fully saturated rings. The van der Waals surface area contributed by atoms with Crippen LogP contribution in [0.25, 0.3) is 0 Å². The Morgan fingerprint density at radius 3 is 2.26 bits per heavy atom. The molecule has 0 saturated heterocycles. The highest BCUT2D eigenvalue weighted by molar-refractivity contribution is 5.43. The Bertz CT molecular complexity index is 382. The van der Waals surface area contributed by atoms with E-state index in [0.717, 1.165) is 24.5 Å². The molecule has 0 aliphatic heterocycles. The van der Waals surface area contributed by atoms with Crippen molar-refractivity contribution in [3.63, 3.8) is 0 Å². The third-order valence-corrected chi connectivity index (χ3v) is 2.98. The third-order valence-electron chi connectivity index (χ3n) is 2.98. The Hall–Kier alpha value is -1.26. The van der Waals surface area contributed by atoms with E-state index in [2.05, 4.69) is 25.2 Å². The van der Waals surface area contributed by atoms with Crippen molar-refractivity contribution in [1.82, 2.24) is 5.32 Å². The van der Waals surface area contributed by atoms with Crippen LogP contribution in [0, 0.1) is 0 Å². The van der Waals surface area contributed by atoms with E-state index in [1.165, 1.54) is 5.56 Å². The van der Waals surface area contributed by atoms with Gasteiger partial charge >= 0.3 is 0 Å². The lowest BCUT2D eigenvalue weighted by molar-refractivity contribution is 0.167. The van der Waals surface area contributed by atoms with Crippen LogP contribution in [0.5, 0.6) is 11.5 Å². The molecule has 1 aromatic carbocycles. The highest BCUT2D eigenvalue weighted by Crippen LogP contribution is 2.27. The van der Waals surface area contributed by atoms with Crippen LogP contribution in [0.2, 0.25) is 0 Å². The first kappa shape index (κ1) is 15.8. The molecule has 1 aromatic rings. The molecule has 2 unspecified atom stereocenters. The minimum absolute atomic E-state index is 0.347. The van der Waals surface area contributed by atoms with Gasteiger partial charge < -0.3 is 19.5 Å². The fraction of sp³-hybridized carbons (Fsp3) is 0.600. The Morgan fingerprint density at radius 2 is 1.68 bits per heavy atom. The largest absolute Gasteiger partial charge is 0.493 e. The molecule has 0 aliphatic rings. The van der Waals surface area contributed by atoms with Crippen LogP contribution in [0.1, 0.15) is 19.4 Å². The van der Waals surface area contributed by atoms with Crippen LogP contribution in [-0.2, 0) is 11.2 Å². The van der Waals surface area contributed by atoms with E-state index in [4.69, 9.17) is 14.2 Å². The number of hydrogen-bond donors (Lipinski definition) is 1. The highest BCUT2D eigenvalue weighted by Gasteiger charge is 2.10. The van der Waals surface area contributed by atoms with Gasteiger partial charge in [-0.3, -0.25) is 0 Å². The predicted molar refractivity (Wildman–Crippen MR) is 77.2 cm³/mol. The molecule has 0 heterocycles. The summed E-state index contributed by atoms with van der Waals surface area (Å²) in [6.07, 6.45) is 0.939.